The van der Waals surface area contributed by atoms with Crippen molar-refractivity contribution in [3.8, 4) is 0 Å². The summed E-state index contributed by atoms with van der Waals surface area (Å²) < 4.78 is 1.98. The molecule has 0 unspecified atom stereocenters. The van der Waals surface area contributed by atoms with Crippen LogP contribution < -0.4 is 0 Å². The van der Waals surface area contributed by atoms with Gasteiger partial charge in [-0.3, -0.25) is 0 Å². The van der Waals surface area contributed by atoms with Crippen molar-refractivity contribution in [2.45, 2.75) is 19.6 Å². The van der Waals surface area contributed by atoms with E-state index in [2.05, 4.69) is 53.0 Å². The second-order valence-corrected chi connectivity index (χ2v) is 18.4. The molecule has 0 nitrogen and oxygen atoms in total. The number of hydrogen-bond donors (Lipinski definition) is 0. The lowest BCUT2D eigenvalue weighted by molar-refractivity contribution is 1.84. The Hall–Kier alpha value is 0.947. The van der Waals surface area contributed by atoms with Gasteiger partial charge in [-0.1, -0.05) is 32.2 Å². The Bertz CT molecular complexity index is 197. The van der Waals surface area contributed by atoms with Gasteiger partial charge in [0.25, 0.3) is 0 Å². The SMILES string of the molecule is CP(C)C([Si](C)(C)C)=P(C)(C)C. The van der Waals surface area contributed by atoms with Crippen LogP contribution in [0, 0.1) is 0 Å². The van der Waals surface area contributed by atoms with Gasteiger partial charge in [-0.15, -0.1) is 6.89 Å². The average Bonchev–Trinajstić information content (AvgIpc) is 1.49. The quantitative estimate of drug-likeness (QED) is 0.494. The molecule has 0 saturated carbocycles. The third-order valence-electron chi connectivity index (χ3n) is 1.73. The molecule has 0 fully saturated rings. The minimum Gasteiger partial charge on any atom is -0.114 e. The summed E-state index contributed by atoms with van der Waals surface area (Å²) in [5, 5.41) is 0. The normalized spacial score (nSPS) is 13.8. The lowest BCUT2D eigenvalue weighted by Gasteiger charge is -2.31. The highest BCUT2D eigenvalue weighted by Crippen LogP contribution is 2.49. The summed E-state index contributed by atoms with van der Waals surface area (Å²) in [6.45, 7) is 19.1. The molecule has 0 aliphatic carbocycles. The van der Waals surface area contributed by atoms with E-state index in [0.717, 1.165) is 0 Å². The van der Waals surface area contributed by atoms with Crippen LogP contribution in [0.15, 0.2) is 0 Å². The zero-order valence-electron chi connectivity index (χ0n) is 9.89. The van der Waals surface area contributed by atoms with Crippen molar-refractivity contribution in [2.75, 3.05) is 33.3 Å². The van der Waals surface area contributed by atoms with Gasteiger partial charge in [0.1, 0.15) is 0 Å². The molecule has 0 atom stereocenters. The lowest BCUT2D eigenvalue weighted by atomic mass is 11.7. The van der Waals surface area contributed by atoms with Crippen LogP contribution in [0.3, 0.4) is 0 Å². The van der Waals surface area contributed by atoms with Crippen molar-refractivity contribution in [3.05, 3.63) is 0 Å². The monoisotopic (exact) mass is 222 g/mol. The highest BCUT2D eigenvalue weighted by molar-refractivity contribution is 8.01. The fraction of sp³-hybridized carbons (Fsp3) is 0.889. The molecule has 0 rings (SSSR count). The van der Waals surface area contributed by atoms with E-state index in [1.54, 1.807) is 0 Å². The Morgan fingerprint density at radius 1 is 1.00 bits per heavy atom. The van der Waals surface area contributed by atoms with Crippen LogP contribution >= 0.6 is 14.8 Å². The Labute approximate surface area is 80.9 Å². The van der Waals surface area contributed by atoms with Gasteiger partial charge in [-0.2, -0.15) is 0 Å². The summed E-state index contributed by atoms with van der Waals surface area (Å²) in [5.74, 6) is 0. The Morgan fingerprint density at radius 3 is 1.33 bits per heavy atom. The van der Waals surface area contributed by atoms with Crippen molar-refractivity contribution < 1.29 is 0 Å². The van der Waals surface area contributed by atoms with E-state index in [1.807, 2.05) is 4.66 Å². The zero-order chi connectivity index (χ0) is 10.2. The highest BCUT2D eigenvalue weighted by Gasteiger charge is 2.25. The molecule has 0 amide bonds. The predicted octanol–water partition coefficient (Wildman–Crippen LogP) is 3.64. The van der Waals surface area contributed by atoms with E-state index in [0.29, 0.717) is 0 Å². The summed E-state index contributed by atoms with van der Waals surface area (Å²) >= 11 is 0. The smallest absolute Gasteiger partial charge is 0.0783 e. The first kappa shape index (κ1) is 12.9. The zero-order valence-corrected chi connectivity index (χ0v) is 12.7. The fourth-order valence-electron chi connectivity index (χ4n) is 2.28. The maximum Gasteiger partial charge on any atom is 0.0783 e. The summed E-state index contributed by atoms with van der Waals surface area (Å²) in [7, 11) is -0.803. The van der Waals surface area contributed by atoms with Gasteiger partial charge in [0, 0.05) is 0 Å². The molecule has 0 spiro atoms. The fourth-order valence-corrected chi connectivity index (χ4v) is 20.5. The van der Waals surface area contributed by atoms with Crippen LogP contribution in [0.2, 0.25) is 19.6 Å². The van der Waals surface area contributed by atoms with Gasteiger partial charge in [-0.05, 0) is 33.3 Å². The van der Waals surface area contributed by atoms with E-state index in [-0.39, 0.29) is 7.92 Å². The molecular formula is C9H24P2Si. The van der Waals surface area contributed by atoms with E-state index in [4.69, 9.17) is 0 Å². The molecule has 0 N–H and O–H groups in total. The first-order valence-corrected chi connectivity index (χ1v) is 13.3. The highest BCUT2D eigenvalue weighted by atomic mass is 31.2. The van der Waals surface area contributed by atoms with E-state index < -0.39 is 15.0 Å². The van der Waals surface area contributed by atoms with E-state index in [9.17, 15) is 0 Å². The van der Waals surface area contributed by atoms with Gasteiger partial charge >= 0.3 is 0 Å². The lowest BCUT2D eigenvalue weighted by Crippen LogP contribution is -2.32. The van der Waals surface area contributed by atoms with Crippen LogP contribution in [0.5, 0.6) is 0 Å². The molecular weight excluding hydrogens is 198 g/mol. The van der Waals surface area contributed by atoms with E-state index >= 15 is 0 Å². The van der Waals surface area contributed by atoms with Crippen molar-refractivity contribution in [2.24, 2.45) is 0 Å². The van der Waals surface area contributed by atoms with Crippen LogP contribution in [0.25, 0.3) is 0 Å². The molecule has 0 radical (unpaired) electrons. The second-order valence-electron chi connectivity index (χ2n) is 5.48. The Kier molecular flexibility index (Phi) is 4.30. The maximum absolute atomic E-state index is 2.50. The molecule has 3 heteroatoms. The molecule has 12 heavy (non-hydrogen) atoms. The van der Waals surface area contributed by atoms with Crippen molar-refractivity contribution in [1.29, 1.82) is 0 Å². The van der Waals surface area contributed by atoms with Crippen LogP contribution in [0.4, 0.5) is 0 Å². The molecule has 0 heterocycles. The third-order valence-corrected chi connectivity index (χ3v) is 15.6. The summed E-state index contributed by atoms with van der Waals surface area (Å²) in [6, 6.07) is 0. The summed E-state index contributed by atoms with van der Waals surface area (Å²) in [4.78, 5) is 0. The topological polar surface area (TPSA) is 0 Å². The average molecular weight is 222 g/mol. The second kappa shape index (κ2) is 3.99. The molecule has 0 aromatic carbocycles. The Morgan fingerprint density at radius 2 is 1.33 bits per heavy atom. The molecule has 0 aliphatic rings. The predicted molar refractivity (Wildman–Crippen MR) is 71.8 cm³/mol. The van der Waals surface area contributed by atoms with Gasteiger partial charge in [0.2, 0.25) is 0 Å². The minimum absolute atomic E-state index is 0.188. The molecule has 0 aromatic rings. The number of hydrogen-bond acceptors (Lipinski definition) is 0. The van der Waals surface area contributed by atoms with Crippen LogP contribution in [0.1, 0.15) is 0 Å². The maximum atomic E-state index is 2.50. The van der Waals surface area contributed by atoms with Gasteiger partial charge in [-0.25, -0.2) is 0 Å². The van der Waals surface area contributed by atoms with Crippen molar-refractivity contribution >= 4 is 27.5 Å². The first-order valence-electron chi connectivity index (χ1n) is 4.43. The molecule has 0 aromatic heterocycles. The Balaban J connectivity index is 5.25. The van der Waals surface area contributed by atoms with Crippen molar-refractivity contribution in [3.63, 3.8) is 0 Å². The van der Waals surface area contributed by atoms with Gasteiger partial charge in [0.05, 0.1) is 8.07 Å². The van der Waals surface area contributed by atoms with Gasteiger partial charge in [0.15, 0.2) is 0 Å². The van der Waals surface area contributed by atoms with Gasteiger partial charge < -0.3 is 0 Å². The number of rotatable bonds is 2. The van der Waals surface area contributed by atoms with Crippen LogP contribution in [-0.4, -0.2) is 46.1 Å². The molecule has 0 aliphatic heterocycles. The third kappa shape index (κ3) is 3.77. The van der Waals surface area contributed by atoms with Crippen LogP contribution in [-0.2, 0) is 0 Å². The largest absolute Gasteiger partial charge is 0.114 e. The molecule has 0 saturated heterocycles. The first-order chi connectivity index (χ1) is 5.07. The standard InChI is InChI=1S/C9H24P2Si/c1-10(2)9(11(3,4)5)12(6,7)8/h1-8H3. The summed E-state index contributed by atoms with van der Waals surface area (Å²) in [6.07, 6.45) is 0. The molecule has 74 valence electrons. The van der Waals surface area contributed by atoms with E-state index in [1.165, 1.54) is 0 Å². The minimum atomic E-state index is -0.990. The molecule has 0 bridgehead atoms. The van der Waals surface area contributed by atoms with Crippen molar-refractivity contribution in [1.82, 2.24) is 0 Å². The summed E-state index contributed by atoms with van der Waals surface area (Å²) in [5.41, 5.74) is 0.